The zero-order chi connectivity index (χ0) is 25.7. The van der Waals surface area contributed by atoms with Crippen LogP contribution in [0.25, 0.3) is 22.3 Å². The van der Waals surface area contributed by atoms with Crippen molar-refractivity contribution in [1.29, 1.82) is 0 Å². The summed E-state index contributed by atoms with van der Waals surface area (Å²) in [7, 11) is 3.30. The van der Waals surface area contributed by atoms with E-state index in [1.807, 2.05) is 19.9 Å². The molecule has 1 amide bonds. The Morgan fingerprint density at radius 1 is 1.14 bits per heavy atom. The van der Waals surface area contributed by atoms with Gasteiger partial charge in [0, 0.05) is 31.4 Å². The van der Waals surface area contributed by atoms with Crippen molar-refractivity contribution >= 4 is 28.3 Å². The number of fused-ring (bicyclic) bond motifs is 1. The quantitative estimate of drug-likeness (QED) is 0.363. The van der Waals surface area contributed by atoms with E-state index >= 15 is 0 Å². The second-order valence-corrected chi connectivity index (χ2v) is 8.88. The van der Waals surface area contributed by atoms with Gasteiger partial charge in [-0.3, -0.25) is 4.79 Å². The standard InChI is InChI=1S/C25H26F3N5O2/c1-13(2)33-23-19(12-29-33)18(11-22(30-23)17-9-14(3)35-15(17)4)24(34)31-21-8-7-16(32(5)6)10-20(21)25(26,27)28/h7-13H,1-6H3,(H,31,34). The zero-order valence-corrected chi connectivity index (χ0v) is 20.3. The fourth-order valence-electron chi connectivity index (χ4n) is 3.95. The van der Waals surface area contributed by atoms with Gasteiger partial charge in [0.15, 0.2) is 5.65 Å². The number of nitrogens with one attached hydrogen (secondary N) is 1. The number of carbonyl (C=O) groups is 1. The fraction of sp³-hybridized carbons (Fsp3) is 0.320. The Morgan fingerprint density at radius 2 is 1.86 bits per heavy atom. The Balaban J connectivity index is 1.86. The molecule has 35 heavy (non-hydrogen) atoms. The number of halogens is 3. The topological polar surface area (TPSA) is 76.2 Å². The van der Waals surface area contributed by atoms with E-state index < -0.39 is 17.6 Å². The molecule has 0 saturated heterocycles. The Bertz CT molecular complexity index is 1420. The van der Waals surface area contributed by atoms with Crippen LogP contribution in [0.2, 0.25) is 0 Å². The van der Waals surface area contributed by atoms with E-state index in [-0.39, 0.29) is 17.3 Å². The summed E-state index contributed by atoms with van der Waals surface area (Å²) in [5.41, 5.74) is 0.903. The van der Waals surface area contributed by atoms with Crippen molar-refractivity contribution in [3.8, 4) is 11.3 Å². The van der Waals surface area contributed by atoms with Gasteiger partial charge in [-0.15, -0.1) is 0 Å². The average molecular weight is 486 g/mol. The van der Waals surface area contributed by atoms with Crippen molar-refractivity contribution in [2.24, 2.45) is 0 Å². The average Bonchev–Trinajstić information content (AvgIpc) is 3.34. The number of amides is 1. The molecule has 4 aromatic rings. The minimum Gasteiger partial charge on any atom is -0.466 e. The van der Waals surface area contributed by atoms with Crippen LogP contribution >= 0.6 is 0 Å². The Hall–Kier alpha value is -3.82. The van der Waals surface area contributed by atoms with Gasteiger partial charge < -0.3 is 14.6 Å². The van der Waals surface area contributed by atoms with Crippen molar-refractivity contribution in [2.75, 3.05) is 24.3 Å². The maximum absolute atomic E-state index is 13.8. The molecule has 0 aliphatic rings. The molecule has 7 nitrogen and oxygen atoms in total. The summed E-state index contributed by atoms with van der Waals surface area (Å²) in [6.45, 7) is 7.44. The van der Waals surface area contributed by atoms with Crippen LogP contribution in [-0.2, 0) is 6.18 Å². The number of carbonyl (C=O) groups excluding carboxylic acids is 1. The minimum atomic E-state index is -4.65. The number of rotatable bonds is 5. The summed E-state index contributed by atoms with van der Waals surface area (Å²) >= 11 is 0. The molecule has 3 heterocycles. The van der Waals surface area contributed by atoms with Gasteiger partial charge in [0.1, 0.15) is 11.5 Å². The lowest BCUT2D eigenvalue weighted by molar-refractivity contribution is -0.136. The van der Waals surface area contributed by atoms with Gasteiger partial charge >= 0.3 is 6.18 Å². The first-order valence-electron chi connectivity index (χ1n) is 11.0. The molecular formula is C25H26F3N5O2. The first-order valence-corrected chi connectivity index (χ1v) is 11.0. The molecule has 1 aromatic carbocycles. The lowest BCUT2D eigenvalue weighted by Crippen LogP contribution is -2.18. The first-order chi connectivity index (χ1) is 16.4. The SMILES string of the molecule is Cc1cc(-c2cc(C(=O)Nc3ccc(N(C)C)cc3C(F)(F)F)c3cnn(C(C)C)c3n2)c(C)o1. The lowest BCUT2D eigenvalue weighted by Gasteiger charge is -2.19. The normalized spacial score (nSPS) is 11.9. The first kappa shape index (κ1) is 24.3. The second kappa shape index (κ2) is 8.75. The van der Waals surface area contributed by atoms with Crippen molar-refractivity contribution < 1.29 is 22.4 Å². The highest BCUT2D eigenvalue weighted by Gasteiger charge is 2.35. The lowest BCUT2D eigenvalue weighted by atomic mass is 10.1. The van der Waals surface area contributed by atoms with Gasteiger partial charge in [0.2, 0.25) is 0 Å². The van der Waals surface area contributed by atoms with Crippen LogP contribution in [0.15, 0.2) is 40.9 Å². The highest BCUT2D eigenvalue weighted by Crippen LogP contribution is 2.38. The van der Waals surface area contributed by atoms with Gasteiger partial charge in [-0.1, -0.05) is 0 Å². The third-order valence-corrected chi connectivity index (χ3v) is 5.69. The van der Waals surface area contributed by atoms with E-state index in [0.29, 0.717) is 39.5 Å². The molecule has 0 aliphatic heterocycles. The Kier molecular flexibility index (Phi) is 6.08. The smallest absolute Gasteiger partial charge is 0.418 e. The zero-order valence-electron chi connectivity index (χ0n) is 20.3. The molecule has 4 rings (SSSR count). The summed E-state index contributed by atoms with van der Waals surface area (Å²) in [6, 6.07) is 7.11. The number of alkyl halides is 3. The van der Waals surface area contributed by atoms with Crippen LogP contribution in [0, 0.1) is 13.8 Å². The number of anilines is 2. The summed E-state index contributed by atoms with van der Waals surface area (Å²) < 4.78 is 48.8. The van der Waals surface area contributed by atoms with Crippen molar-refractivity contribution in [3.05, 3.63) is 59.2 Å². The molecule has 0 spiro atoms. The van der Waals surface area contributed by atoms with Crippen LogP contribution in [0.3, 0.4) is 0 Å². The van der Waals surface area contributed by atoms with E-state index in [9.17, 15) is 18.0 Å². The highest BCUT2D eigenvalue weighted by atomic mass is 19.4. The highest BCUT2D eigenvalue weighted by molar-refractivity contribution is 6.13. The predicted molar refractivity (Wildman–Crippen MR) is 129 cm³/mol. The van der Waals surface area contributed by atoms with Crippen LogP contribution in [-0.4, -0.2) is 34.8 Å². The maximum atomic E-state index is 13.8. The van der Waals surface area contributed by atoms with Crippen molar-refractivity contribution in [3.63, 3.8) is 0 Å². The molecule has 0 fully saturated rings. The van der Waals surface area contributed by atoms with E-state index in [4.69, 9.17) is 9.40 Å². The molecular weight excluding hydrogens is 459 g/mol. The van der Waals surface area contributed by atoms with Gasteiger partial charge in [0.05, 0.1) is 34.1 Å². The number of aromatic nitrogens is 3. The molecule has 0 bridgehead atoms. The molecule has 10 heteroatoms. The monoisotopic (exact) mass is 485 g/mol. The molecule has 1 N–H and O–H groups in total. The Labute approximate surface area is 200 Å². The predicted octanol–water partition coefficient (Wildman–Crippen LogP) is 6.23. The van der Waals surface area contributed by atoms with E-state index in [0.717, 1.165) is 6.07 Å². The number of hydrogen-bond acceptors (Lipinski definition) is 5. The molecule has 0 aliphatic carbocycles. The molecule has 0 radical (unpaired) electrons. The van der Waals surface area contributed by atoms with Gasteiger partial charge in [-0.25, -0.2) is 9.67 Å². The van der Waals surface area contributed by atoms with Crippen LogP contribution in [0.1, 0.15) is 47.3 Å². The number of pyridine rings is 1. The van der Waals surface area contributed by atoms with Gasteiger partial charge in [-0.2, -0.15) is 18.3 Å². The number of hydrogen-bond donors (Lipinski definition) is 1. The van der Waals surface area contributed by atoms with E-state index in [1.165, 1.54) is 18.3 Å². The summed E-state index contributed by atoms with van der Waals surface area (Å²) in [5, 5.41) is 7.26. The van der Waals surface area contributed by atoms with Crippen LogP contribution < -0.4 is 10.2 Å². The fourth-order valence-corrected chi connectivity index (χ4v) is 3.95. The number of furan rings is 1. The summed E-state index contributed by atoms with van der Waals surface area (Å²) in [6.07, 6.45) is -3.14. The molecule has 3 aromatic heterocycles. The molecule has 184 valence electrons. The molecule has 0 unspecified atom stereocenters. The van der Waals surface area contributed by atoms with Crippen molar-refractivity contribution in [1.82, 2.24) is 14.8 Å². The largest absolute Gasteiger partial charge is 0.466 e. The van der Waals surface area contributed by atoms with E-state index in [2.05, 4.69) is 10.4 Å². The van der Waals surface area contributed by atoms with Gasteiger partial charge in [-0.05, 0) is 58.0 Å². The minimum absolute atomic E-state index is 0.0475. The third-order valence-electron chi connectivity index (χ3n) is 5.69. The second-order valence-electron chi connectivity index (χ2n) is 8.88. The Morgan fingerprint density at radius 3 is 2.43 bits per heavy atom. The third kappa shape index (κ3) is 4.60. The summed E-state index contributed by atoms with van der Waals surface area (Å²) in [5.74, 6) is 0.608. The number of benzene rings is 1. The summed E-state index contributed by atoms with van der Waals surface area (Å²) in [4.78, 5) is 19.7. The van der Waals surface area contributed by atoms with Crippen LogP contribution in [0.5, 0.6) is 0 Å². The van der Waals surface area contributed by atoms with Crippen molar-refractivity contribution in [2.45, 2.75) is 39.9 Å². The maximum Gasteiger partial charge on any atom is 0.418 e. The van der Waals surface area contributed by atoms with Gasteiger partial charge in [0.25, 0.3) is 5.91 Å². The number of aryl methyl sites for hydroxylation is 2. The van der Waals surface area contributed by atoms with E-state index in [1.54, 1.807) is 43.6 Å². The molecule has 0 saturated carbocycles. The molecule has 0 atom stereocenters. The van der Waals surface area contributed by atoms with Crippen LogP contribution in [0.4, 0.5) is 24.5 Å². The number of nitrogens with zero attached hydrogens (tertiary/aromatic N) is 4.